The Labute approximate surface area is 128 Å². The largest absolute Gasteiger partial charge is 0.450 e. The van der Waals surface area contributed by atoms with Gasteiger partial charge >= 0.3 is 6.09 Å². The maximum absolute atomic E-state index is 12.6. The SMILES string of the molecule is CCOC(=O)N1CCC(C)CC12C(C)C=C1CCCC2C1. The summed E-state index contributed by atoms with van der Waals surface area (Å²) in [4.78, 5) is 14.7. The second kappa shape index (κ2) is 5.66. The first kappa shape index (κ1) is 14.9. The van der Waals surface area contributed by atoms with E-state index in [1.807, 2.05) is 6.92 Å². The molecule has 0 radical (unpaired) electrons. The number of ether oxygens (including phenoxy) is 1. The van der Waals surface area contributed by atoms with Crippen LogP contribution in [0.1, 0.15) is 59.3 Å². The molecule has 4 atom stereocenters. The molecule has 21 heavy (non-hydrogen) atoms. The first-order valence-corrected chi connectivity index (χ1v) is 8.72. The average Bonchev–Trinajstić information content (AvgIpc) is 2.46. The number of carbonyl (C=O) groups excluding carboxylic acids is 1. The average molecular weight is 291 g/mol. The van der Waals surface area contributed by atoms with Crippen molar-refractivity contribution in [2.24, 2.45) is 17.8 Å². The fourth-order valence-electron chi connectivity index (χ4n) is 5.15. The van der Waals surface area contributed by atoms with Gasteiger partial charge in [-0.2, -0.15) is 0 Å². The lowest BCUT2D eigenvalue weighted by molar-refractivity contribution is -0.0524. The smallest absolute Gasteiger partial charge is 0.410 e. The molecule has 118 valence electrons. The summed E-state index contributed by atoms with van der Waals surface area (Å²) in [7, 11) is 0. The molecule has 4 unspecified atom stereocenters. The molecule has 3 nitrogen and oxygen atoms in total. The molecule has 1 amide bonds. The van der Waals surface area contributed by atoms with Crippen molar-refractivity contribution in [3.8, 4) is 0 Å². The Hall–Kier alpha value is -0.990. The summed E-state index contributed by atoms with van der Waals surface area (Å²) in [6.45, 7) is 7.91. The second-order valence-corrected chi connectivity index (χ2v) is 7.35. The minimum atomic E-state index is -0.0846. The van der Waals surface area contributed by atoms with E-state index in [0.717, 1.165) is 19.4 Å². The molecule has 1 spiro atoms. The Balaban J connectivity index is 1.98. The third-order valence-corrected chi connectivity index (χ3v) is 6.05. The normalized spacial score (nSPS) is 39.1. The van der Waals surface area contributed by atoms with E-state index < -0.39 is 0 Å². The number of allylic oxidation sites excluding steroid dienone is 1. The molecule has 0 aromatic rings. The first-order chi connectivity index (χ1) is 10.1. The lowest BCUT2D eigenvalue weighted by Crippen LogP contribution is -2.64. The minimum absolute atomic E-state index is 0.00778. The second-order valence-electron chi connectivity index (χ2n) is 7.35. The number of nitrogens with zero attached hydrogens (tertiary/aromatic N) is 1. The maximum Gasteiger partial charge on any atom is 0.410 e. The zero-order valence-electron chi connectivity index (χ0n) is 13.7. The van der Waals surface area contributed by atoms with E-state index in [-0.39, 0.29) is 11.6 Å². The zero-order chi connectivity index (χ0) is 15.0. The van der Waals surface area contributed by atoms with E-state index in [4.69, 9.17) is 4.74 Å². The van der Waals surface area contributed by atoms with Crippen molar-refractivity contribution in [1.29, 1.82) is 0 Å². The summed E-state index contributed by atoms with van der Waals surface area (Å²) in [5.74, 6) is 1.79. The first-order valence-electron chi connectivity index (χ1n) is 8.72. The summed E-state index contributed by atoms with van der Waals surface area (Å²) in [6.07, 6.45) is 9.66. The van der Waals surface area contributed by atoms with Gasteiger partial charge in [-0.1, -0.05) is 25.5 Å². The summed E-state index contributed by atoms with van der Waals surface area (Å²) in [6, 6.07) is 0. The monoisotopic (exact) mass is 291 g/mol. The van der Waals surface area contributed by atoms with E-state index in [1.54, 1.807) is 5.57 Å². The summed E-state index contributed by atoms with van der Waals surface area (Å²) in [5.41, 5.74) is 1.64. The summed E-state index contributed by atoms with van der Waals surface area (Å²) in [5, 5.41) is 0. The maximum atomic E-state index is 12.6. The van der Waals surface area contributed by atoms with Crippen molar-refractivity contribution in [2.75, 3.05) is 13.2 Å². The van der Waals surface area contributed by atoms with Gasteiger partial charge in [-0.25, -0.2) is 4.79 Å². The molecule has 1 saturated heterocycles. The predicted octanol–water partition coefficient (Wildman–Crippen LogP) is 4.38. The van der Waals surface area contributed by atoms with E-state index in [0.29, 0.717) is 24.4 Å². The molecule has 0 aromatic heterocycles. The summed E-state index contributed by atoms with van der Waals surface area (Å²) < 4.78 is 5.40. The number of carbonyl (C=O) groups is 1. The molecule has 1 saturated carbocycles. The van der Waals surface area contributed by atoms with Crippen molar-refractivity contribution >= 4 is 6.09 Å². The molecule has 3 heteroatoms. The van der Waals surface area contributed by atoms with E-state index in [9.17, 15) is 4.79 Å². The highest BCUT2D eigenvalue weighted by Crippen LogP contribution is 2.52. The molecule has 1 heterocycles. The number of rotatable bonds is 1. The summed E-state index contributed by atoms with van der Waals surface area (Å²) >= 11 is 0. The lowest BCUT2D eigenvalue weighted by atomic mass is 9.58. The van der Waals surface area contributed by atoms with Gasteiger partial charge in [-0.3, -0.25) is 0 Å². The molecule has 1 aliphatic heterocycles. The van der Waals surface area contributed by atoms with Crippen molar-refractivity contribution in [2.45, 2.75) is 64.8 Å². The highest BCUT2D eigenvalue weighted by Gasteiger charge is 2.54. The van der Waals surface area contributed by atoms with Crippen molar-refractivity contribution in [3.63, 3.8) is 0 Å². The van der Waals surface area contributed by atoms with E-state index in [1.165, 1.54) is 25.7 Å². The minimum Gasteiger partial charge on any atom is -0.450 e. The number of piperidine rings is 1. The van der Waals surface area contributed by atoms with Crippen molar-refractivity contribution in [1.82, 2.24) is 4.90 Å². The van der Waals surface area contributed by atoms with E-state index >= 15 is 0 Å². The van der Waals surface area contributed by atoms with Crippen molar-refractivity contribution in [3.05, 3.63) is 11.6 Å². The van der Waals surface area contributed by atoms with Crippen LogP contribution in [0.2, 0.25) is 0 Å². The van der Waals surface area contributed by atoms with Gasteiger partial charge < -0.3 is 9.64 Å². The molecule has 0 aromatic carbocycles. The number of hydrogen-bond donors (Lipinski definition) is 0. The van der Waals surface area contributed by atoms with Gasteiger partial charge in [0.2, 0.25) is 0 Å². The van der Waals surface area contributed by atoms with Gasteiger partial charge in [-0.05, 0) is 63.2 Å². The molecule has 3 rings (SSSR count). The van der Waals surface area contributed by atoms with Crippen LogP contribution in [0.3, 0.4) is 0 Å². The number of likely N-dealkylation sites (tertiary alicyclic amines) is 1. The third kappa shape index (κ3) is 2.39. The van der Waals surface area contributed by atoms with Crippen LogP contribution in [-0.4, -0.2) is 29.7 Å². The molecular weight excluding hydrogens is 262 g/mol. The molecule has 2 bridgehead atoms. The van der Waals surface area contributed by atoms with Crippen LogP contribution >= 0.6 is 0 Å². The number of hydrogen-bond acceptors (Lipinski definition) is 2. The van der Waals surface area contributed by atoms with Crippen LogP contribution in [-0.2, 0) is 4.74 Å². The Bertz CT molecular complexity index is 444. The van der Waals surface area contributed by atoms with Crippen LogP contribution in [0.5, 0.6) is 0 Å². The molecular formula is C18H29NO2. The Morgan fingerprint density at radius 3 is 3.00 bits per heavy atom. The highest BCUT2D eigenvalue weighted by molar-refractivity contribution is 5.69. The quantitative estimate of drug-likeness (QED) is 0.671. The van der Waals surface area contributed by atoms with Gasteiger partial charge in [0.25, 0.3) is 0 Å². The number of fused-ring (bicyclic) bond motifs is 3. The highest BCUT2D eigenvalue weighted by atomic mass is 16.6. The van der Waals surface area contributed by atoms with Crippen LogP contribution in [0.15, 0.2) is 11.6 Å². The lowest BCUT2D eigenvalue weighted by Gasteiger charge is -2.58. The fraction of sp³-hybridized carbons (Fsp3) is 0.833. The fourth-order valence-corrected chi connectivity index (χ4v) is 5.15. The van der Waals surface area contributed by atoms with Gasteiger partial charge in [0, 0.05) is 6.54 Å². The van der Waals surface area contributed by atoms with Crippen molar-refractivity contribution < 1.29 is 9.53 Å². The van der Waals surface area contributed by atoms with Gasteiger partial charge in [0.1, 0.15) is 0 Å². The van der Waals surface area contributed by atoms with E-state index in [2.05, 4.69) is 24.8 Å². The van der Waals surface area contributed by atoms with Gasteiger partial charge in [0.15, 0.2) is 0 Å². The van der Waals surface area contributed by atoms with Gasteiger partial charge in [-0.15, -0.1) is 0 Å². The predicted molar refractivity (Wildman–Crippen MR) is 84.1 cm³/mol. The molecule has 2 fully saturated rings. The van der Waals surface area contributed by atoms with Crippen LogP contribution in [0.4, 0.5) is 4.79 Å². The van der Waals surface area contributed by atoms with Crippen LogP contribution in [0.25, 0.3) is 0 Å². The number of amides is 1. The molecule has 0 N–H and O–H groups in total. The van der Waals surface area contributed by atoms with Crippen LogP contribution < -0.4 is 0 Å². The van der Waals surface area contributed by atoms with Gasteiger partial charge in [0.05, 0.1) is 12.1 Å². The Morgan fingerprint density at radius 2 is 2.24 bits per heavy atom. The molecule has 2 aliphatic carbocycles. The standard InChI is InChI=1S/C18H29NO2/c1-4-21-17(20)19-9-8-13(2)12-18(19)14(3)10-15-6-5-7-16(18)11-15/h10,13-14,16H,4-9,11-12H2,1-3H3. The third-order valence-electron chi connectivity index (χ3n) is 6.05. The van der Waals surface area contributed by atoms with Crippen LogP contribution in [0, 0.1) is 17.8 Å². The Morgan fingerprint density at radius 1 is 1.43 bits per heavy atom. The zero-order valence-corrected chi connectivity index (χ0v) is 13.7. The Kier molecular flexibility index (Phi) is 4.02. The topological polar surface area (TPSA) is 29.5 Å². The molecule has 3 aliphatic rings.